The molecule has 0 fully saturated rings. The third kappa shape index (κ3) is 6.96. The number of amides is 4. The molecule has 0 saturated carbocycles. The Morgan fingerprint density at radius 1 is 1.16 bits per heavy atom. The van der Waals surface area contributed by atoms with Gasteiger partial charge in [0.25, 0.3) is 0 Å². The molecule has 1 unspecified atom stereocenters. The van der Waals surface area contributed by atoms with Gasteiger partial charge in [-0.05, 0) is 51.8 Å². The van der Waals surface area contributed by atoms with Crippen molar-refractivity contribution in [3.63, 3.8) is 0 Å². The largest absolute Gasteiger partial charge is 0.496 e. The topological polar surface area (TPSA) is 166 Å². The van der Waals surface area contributed by atoms with Crippen LogP contribution in [-0.4, -0.2) is 70.7 Å². The molecule has 0 aliphatic carbocycles. The number of carbonyl (C=O) groups is 4. The van der Waals surface area contributed by atoms with Gasteiger partial charge in [-0.25, -0.2) is 4.79 Å². The number of hydrogen-bond acceptors (Lipinski definition) is 8. The molecule has 13 heteroatoms. The molecule has 1 aliphatic heterocycles. The number of rotatable bonds is 3. The first kappa shape index (κ1) is 27.4. The first-order valence-electron chi connectivity index (χ1n) is 11.8. The van der Waals surface area contributed by atoms with Gasteiger partial charge in [-0.1, -0.05) is 11.3 Å². The van der Waals surface area contributed by atoms with Gasteiger partial charge in [0.15, 0.2) is 0 Å². The van der Waals surface area contributed by atoms with Crippen LogP contribution < -0.4 is 26.0 Å². The summed E-state index contributed by atoms with van der Waals surface area (Å²) in [6, 6.07) is 1.93. The van der Waals surface area contributed by atoms with Crippen molar-refractivity contribution in [1.82, 2.24) is 36.3 Å². The lowest BCUT2D eigenvalue weighted by atomic mass is 10.0. The summed E-state index contributed by atoms with van der Waals surface area (Å²) in [5, 5.41) is 18.7. The van der Waals surface area contributed by atoms with Crippen molar-refractivity contribution in [1.29, 1.82) is 0 Å². The summed E-state index contributed by atoms with van der Waals surface area (Å²) in [6.45, 7) is 6.83. The van der Waals surface area contributed by atoms with Crippen molar-refractivity contribution in [3.05, 3.63) is 30.0 Å². The van der Waals surface area contributed by atoms with Crippen molar-refractivity contribution in [2.75, 3.05) is 14.2 Å². The van der Waals surface area contributed by atoms with Gasteiger partial charge in [0.05, 0.1) is 13.3 Å². The Bertz CT molecular complexity index is 1170. The van der Waals surface area contributed by atoms with E-state index >= 15 is 0 Å². The summed E-state index contributed by atoms with van der Waals surface area (Å²) in [4.78, 5) is 51.2. The summed E-state index contributed by atoms with van der Waals surface area (Å²) >= 11 is 0. The molecule has 13 nitrogen and oxygen atoms in total. The number of ether oxygens (including phenoxy) is 2. The quantitative estimate of drug-likeness (QED) is 0.463. The van der Waals surface area contributed by atoms with Gasteiger partial charge in [-0.15, -0.1) is 5.10 Å². The maximum absolute atomic E-state index is 13.1. The van der Waals surface area contributed by atoms with Gasteiger partial charge in [0.1, 0.15) is 35.2 Å². The van der Waals surface area contributed by atoms with Crippen LogP contribution in [0.4, 0.5) is 4.79 Å². The van der Waals surface area contributed by atoms with Crippen LogP contribution in [0.25, 0.3) is 11.3 Å². The van der Waals surface area contributed by atoms with Crippen LogP contribution in [0.1, 0.15) is 45.7 Å². The number of hydrogen-bond donors (Lipinski definition) is 4. The van der Waals surface area contributed by atoms with E-state index in [-0.39, 0.29) is 13.0 Å². The number of nitrogens with zero attached hydrogens (tertiary/aromatic N) is 3. The summed E-state index contributed by atoms with van der Waals surface area (Å²) in [6.07, 6.45) is 1.03. The SMILES string of the molecule is CNC(=O)[C@H]1NC(=O)[C@@H](C)NC(=O)C(NC(=O)OC(C)(C)C)CCn2cc(nn2)-c2cc1ccc2OC. The summed E-state index contributed by atoms with van der Waals surface area (Å²) in [7, 11) is 2.97. The molecule has 4 N–H and O–H groups in total. The Balaban J connectivity index is 2.01. The lowest BCUT2D eigenvalue weighted by Gasteiger charge is -2.25. The lowest BCUT2D eigenvalue weighted by Crippen LogP contribution is -2.54. The van der Waals surface area contributed by atoms with Gasteiger partial charge in [0.2, 0.25) is 17.7 Å². The van der Waals surface area contributed by atoms with Crippen molar-refractivity contribution < 1.29 is 28.7 Å². The Morgan fingerprint density at radius 3 is 2.54 bits per heavy atom. The predicted octanol–water partition coefficient (Wildman–Crippen LogP) is 0.659. The third-order valence-corrected chi connectivity index (χ3v) is 5.57. The molecular formula is C24H33N7O6. The van der Waals surface area contributed by atoms with E-state index in [1.807, 2.05) is 0 Å². The maximum atomic E-state index is 13.1. The van der Waals surface area contributed by atoms with Gasteiger partial charge in [0, 0.05) is 19.2 Å². The smallest absolute Gasteiger partial charge is 0.408 e. The monoisotopic (exact) mass is 515 g/mol. The number of fused-ring (bicyclic) bond motifs is 5. The molecule has 1 aromatic heterocycles. The number of aryl methyl sites for hydroxylation is 1. The average molecular weight is 516 g/mol. The average Bonchev–Trinajstić information content (AvgIpc) is 3.31. The summed E-state index contributed by atoms with van der Waals surface area (Å²) in [5.41, 5.74) is 0.742. The van der Waals surface area contributed by atoms with Crippen LogP contribution in [0.3, 0.4) is 0 Å². The van der Waals surface area contributed by atoms with Crippen molar-refractivity contribution >= 4 is 23.8 Å². The minimum Gasteiger partial charge on any atom is -0.496 e. The molecule has 1 aliphatic rings. The maximum Gasteiger partial charge on any atom is 0.408 e. The first-order valence-corrected chi connectivity index (χ1v) is 11.8. The van der Waals surface area contributed by atoms with E-state index in [4.69, 9.17) is 9.47 Å². The van der Waals surface area contributed by atoms with E-state index in [1.165, 1.54) is 25.8 Å². The molecule has 1 aromatic carbocycles. The normalized spacial score (nSPS) is 20.4. The standard InChI is InChI=1S/C24H33N7O6/c1-13-20(32)28-19(22(34)25-5)14-7-8-18(36-6)15(11-14)17-12-31(30-29-17)10-9-16(21(33)26-13)27-23(35)37-24(2,3)4/h7-8,11-13,16,19H,9-10H2,1-6H3,(H,25,34)(H,26,33)(H,27,35)(H,28,32)/t13-,16?,19+/m1/s1. The van der Waals surface area contributed by atoms with E-state index in [0.717, 1.165) is 0 Å². The highest BCUT2D eigenvalue weighted by molar-refractivity contribution is 5.94. The van der Waals surface area contributed by atoms with Crippen LogP contribution in [0, 0.1) is 0 Å². The molecule has 4 bridgehead atoms. The number of methoxy groups -OCH3 is 1. The fraction of sp³-hybridized carbons (Fsp3) is 0.500. The molecule has 2 heterocycles. The summed E-state index contributed by atoms with van der Waals surface area (Å²) in [5.74, 6) is -1.14. The second kappa shape index (κ2) is 11.3. The van der Waals surface area contributed by atoms with Crippen molar-refractivity contribution in [2.24, 2.45) is 0 Å². The number of alkyl carbamates (subject to hydrolysis) is 1. The highest BCUT2D eigenvalue weighted by Crippen LogP contribution is 2.31. The van der Waals surface area contributed by atoms with Gasteiger partial charge < -0.3 is 30.7 Å². The number of benzene rings is 1. The number of nitrogens with one attached hydrogen (secondary N) is 4. The Kier molecular flexibility index (Phi) is 8.35. The van der Waals surface area contributed by atoms with E-state index in [0.29, 0.717) is 22.6 Å². The molecule has 0 saturated heterocycles. The molecule has 3 atom stereocenters. The summed E-state index contributed by atoms with van der Waals surface area (Å²) < 4.78 is 12.3. The van der Waals surface area contributed by atoms with E-state index < -0.39 is 47.5 Å². The second-order valence-electron chi connectivity index (χ2n) is 9.60. The molecule has 200 valence electrons. The van der Waals surface area contributed by atoms with Crippen LogP contribution in [0.5, 0.6) is 5.75 Å². The van der Waals surface area contributed by atoms with Gasteiger partial charge in [-0.2, -0.15) is 0 Å². The zero-order valence-corrected chi connectivity index (χ0v) is 21.7. The Morgan fingerprint density at radius 2 is 1.89 bits per heavy atom. The zero-order chi connectivity index (χ0) is 27.3. The van der Waals surface area contributed by atoms with E-state index in [2.05, 4.69) is 31.6 Å². The Hall–Kier alpha value is -4.16. The molecule has 0 spiro atoms. The number of aromatic nitrogens is 3. The third-order valence-electron chi connectivity index (χ3n) is 5.57. The molecule has 4 amide bonds. The molecule has 37 heavy (non-hydrogen) atoms. The predicted molar refractivity (Wildman–Crippen MR) is 132 cm³/mol. The fourth-order valence-electron chi connectivity index (χ4n) is 3.71. The molecule has 0 radical (unpaired) electrons. The lowest BCUT2D eigenvalue weighted by molar-refractivity contribution is -0.132. The van der Waals surface area contributed by atoms with Gasteiger partial charge >= 0.3 is 6.09 Å². The highest BCUT2D eigenvalue weighted by Gasteiger charge is 2.30. The van der Waals surface area contributed by atoms with E-state index in [1.54, 1.807) is 45.2 Å². The van der Waals surface area contributed by atoms with Crippen LogP contribution in [0.15, 0.2) is 24.4 Å². The van der Waals surface area contributed by atoms with Crippen LogP contribution >= 0.6 is 0 Å². The van der Waals surface area contributed by atoms with Crippen LogP contribution in [-0.2, 0) is 25.7 Å². The van der Waals surface area contributed by atoms with Crippen molar-refractivity contribution in [3.8, 4) is 17.0 Å². The first-order chi connectivity index (χ1) is 17.4. The van der Waals surface area contributed by atoms with Gasteiger partial charge in [-0.3, -0.25) is 19.1 Å². The zero-order valence-electron chi connectivity index (χ0n) is 21.7. The number of likely N-dealkylation sites (N-methyl/N-ethyl adjacent to an activating group) is 1. The Labute approximate surface area is 214 Å². The minimum atomic E-state index is -1.06. The fourth-order valence-corrected chi connectivity index (χ4v) is 3.71. The van der Waals surface area contributed by atoms with Crippen molar-refractivity contribution in [2.45, 2.75) is 64.4 Å². The molecular weight excluding hydrogens is 482 g/mol. The molecule has 3 rings (SSSR count). The van der Waals surface area contributed by atoms with E-state index in [9.17, 15) is 19.2 Å². The molecule has 2 aromatic rings. The highest BCUT2D eigenvalue weighted by atomic mass is 16.6. The minimum absolute atomic E-state index is 0.139. The second-order valence-corrected chi connectivity index (χ2v) is 9.60. The number of carbonyl (C=O) groups excluding carboxylic acids is 4. The van der Waals surface area contributed by atoms with Crippen LogP contribution in [0.2, 0.25) is 0 Å².